The molecule has 0 fully saturated rings. The number of halogens is 1. The molecule has 0 aliphatic rings. The van der Waals surface area contributed by atoms with Gasteiger partial charge < -0.3 is 4.74 Å². The van der Waals surface area contributed by atoms with Gasteiger partial charge in [-0.2, -0.15) is 0 Å². The molecule has 6 heteroatoms. The van der Waals surface area contributed by atoms with Crippen LogP contribution in [0.15, 0.2) is 53.4 Å². The zero-order chi connectivity index (χ0) is 13.9. The lowest BCUT2D eigenvalue weighted by Gasteiger charge is -2.02. The molecular weight excluding hydrogens is 320 g/mol. The Bertz CT molecular complexity index is 707. The lowest BCUT2D eigenvalue weighted by Crippen LogP contribution is -1.94. The van der Waals surface area contributed by atoms with E-state index in [9.17, 15) is 0 Å². The van der Waals surface area contributed by atoms with Crippen molar-refractivity contribution in [1.82, 2.24) is 20.0 Å². The summed E-state index contributed by atoms with van der Waals surface area (Å²) in [4.78, 5) is 4.18. The first-order chi connectivity index (χ1) is 9.76. The fraction of sp³-hybridized carbons (Fsp3) is 0.0714. The number of nitrogens with zero attached hydrogens (tertiary/aromatic N) is 4. The van der Waals surface area contributed by atoms with Crippen molar-refractivity contribution in [1.29, 1.82) is 0 Å². The largest absolute Gasteiger partial charge is 0.497 e. The predicted molar refractivity (Wildman–Crippen MR) is 78.8 cm³/mol. The molecular formula is C14H11BrN4O. The SMILES string of the molecule is COc1ccc(-n2cc(-c3ccc(Br)nc3)nn2)cc1. The van der Waals surface area contributed by atoms with Crippen molar-refractivity contribution < 1.29 is 4.74 Å². The Morgan fingerprint density at radius 3 is 2.55 bits per heavy atom. The highest BCUT2D eigenvalue weighted by Crippen LogP contribution is 2.19. The summed E-state index contributed by atoms with van der Waals surface area (Å²) >= 11 is 3.31. The van der Waals surface area contributed by atoms with Crippen LogP contribution < -0.4 is 4.74 Å². The molecule has 100 valence electrons. The van der Waals surface area contributed by atoms with Gasteiger partial charge >= 0.3 is 0 Å². The third-order valence-corrected chi connectivity index (χ3v) is 3.32. The second kappa shape index (κ2) is 5.42. The van der Waals surface area contributed by atoms with Gasteiger partial charge in [0.1, 0.15) is 16.0 Å². The van der Waals surface area contributed by atoms with Gasteiger partial charge in [0.05, 0.1) is 19.0 Å². The first-order valence-corrected chi connectivity index (χ1v) is 6.74. The van der Waals surface area contributed by atoms with Gasteiger partial charge in [-0.1, -0.05) is 5.21 Å². The minimum Gasteiger partial charge on any atom is -0.497 e. The third-order valence-electron chi connectivity index (χ3n) is 2.85. The molecule has 0 atom stereocenters. The van der Waals surface area contributed by atoms with Crippen LogP contribution in [0.2, 0.25) is 0 Å². The zero-order valence-corrected chi connectivity index (χ0v) is 12.3. The summed E-state index contributed by atoms with van der Waals surface area (Å²) in [5.74, 6) is 0.811. The molecule has 0 spiro atoms. The number of ether oxygens (including phenoxy) is 1. The molecule has 0 bridgehead atoms. The van der Waals surface area contributed by atoms with Crippen LogP contribution in [-0.2, 0) is 0 Å². The Labute approximate surface area is 124 Å². The van der Waals surface area contributed by atoms with E-state index in [1.807, 2.05) is 42.6 Å². The van der Waals surface area contributed by atoms with Crippen LogP contribution in [0.5, 0.6) is 5.75 Å². The van der Waals surface area contributed by atoms with Crippen molar-refractivity contribution in [2.24, 2.45) is 0 Å². The molecule has 2 heterocycles. The summed E-state index contributed by atoms with van der Waals surface area (Å²) in [6.45, 7) is 0. The van der Waals surface area contributed by atoms with E-state index in [0.29, 0.717) is 0 Å². The highest BCUT2D eigenvalue weighted by atomic mass is 79.9. The summed E-state index contributed by atoms with van der Waals surface area (Å²) < 4.78 is 7.65. The second-order valence-corrected chi connectivity index (χ2v) is 4.93. The van der Waals surface area contributed by atoms with Gasteiger partial charge in [0, 0.05) is 11.8 Å². The summed E-state index contributed by atoms with van der Waals surface area (Å²) in [6.07, 6.45) is 3.62. The standard InChI is InChI=1S/C14H11BrN4O/c1-20-12-5-3-11(4-6-12)19-9-13(17-18-19)10-2-7-14(15)16-8-10/h2-9H,1H3. The molecule has 20 heavy (non-hydrogen) atoms. The predicted octanol–water partition coefficient (Wildman–Crippen LogP) is 3.10. The molecule has 2 aromatic heterocycles. The maximum atomic E-state index is 5.13. The molecule has 1 aromatic carbocycles. The first-order valence-electron chi connectivity index (χ1n) is 5.95. The minimum atomic E-state index is 0.779. The first kappa shape index (κ1) is 12.8. The van der Waals surface area contributed by atoms with Gasteiger partial charge in [-0.25, -0.2) is 9.67 Å². The zero-order valence-electron chi connectivity index (χ0n) is 10.7. The van der Waals surface area contributed by atoms with Crippen LogP contribution in [0.3, 0.4) is 0 Å². The topological polar surface area (TPSA) is 52.8 Å². The van der Waals surface area contributed by atoms with Crippen LogP contribution in [0.4, 0.5) is 0 Å². The smallest absolute Gasteiger partial charge is 0.119 e. The normalized spacial score (nSPS) is 10.5. The fourth-order valence-corrected chi connectivity index (χ4v) is 2.02. The second-order valence-electron chi connectivity index (χ2n) is 4.12. The van der Waals surface area contributed by atoms with Crippen molar-refractivity contribution in [2.75, 3.05) is 7.11 Å². The molecule has 5 nitrogen and oxygen atoms in total. The van der Waals surface area contributed by atoms with E-state index in [4.69, 9.17) is 4.74 Å². The van der Waals surface area contributed by atoms with Crippen molar-refractivity contribution in [3.8, 4) is 22.7 Å². The Kier molecular flexibility index (Phi) is 3.47. The van der Waals surface area contributed by atoms with E-state index >= 15 is 0 Å². The fourth-order valence-electron chi connectivity index (χ4n) is 1.78. The highest BCUT2D eigenvalue weighted by molar-refractivity contribution is 9.10. The van der Waals surface area contributed by atoms with Crippen LogP contribution in [-0.4, -0.2) is 27.1 Å². The maximum Gasteiger partial charge on any atom is 0.119 e. The maximum absolute atomic E-state index is 5.13. The minimum absolute atomic E-state index is 0.779. The summed E-state index contributed by atoms with van der Waals surface area (Å²) in [5, 5.41) is 8.29. The molecule has 0 saturated carbocycles. The van der Waals surface area contributed by atoms with Gasteiger partial charge in [-0.15, -0.1) is 5.10 Å². The van der Waals surface area contributed by atoms with E-state index in [0.717, 1.165) is 27.3 Å². The lowest BCUT2D eigenvalue weighted by atomic mass is 10.2. The van der Waals surface area contributed by atoms with E-state index in [2.05, 4.69) is 31.2 Å². The lowest BCUT2D eigenvalue weighted by molar-refractivity contribution is 0.414. The van der Waals surface area contributed by atoms with Crippen LogP contribution in [0.1, 0.15) is 0 Å². The molecule has 0 aliphatic carbocycles. The Balaban J connectivity index is 1.91. The van der Waals surface area contributed by atoms with Gasteiger partial charge in [-0.05, 0) is 52.3 Å². The van der Waals surface area contributed by atoms with Gasteiger partial charge in [0.25, 0.3) is 0 Å². The third kappa shape index (κ3) is 2.55. The Hall–Kier alpha value is -2.21. The van der Waals surface area contributed by atoms with Crippen molar-refractivity contribution in [2.45, 2.75) is 0 Å². The summed E-state index contributed by atoms with van der Waals surface area (Å²) in [6, 6.07) is 11.4. The molecule has 3 aromatic rings. The van der Waals surface area contributed by atoms with Gasteiger partial charge in [0.2, 0.25) is 0 Å². The van der Waals surface area contributed by atoms with E-state index in [1.165, 1.54) is 0 Å². The highest BCUT2D eigenvalue weighted by Gasteiger charge is 2.06. The van der Waals surface area contributed by atoms with Crippen LogP contribution >= 0.6 is 15.9 Å². The van der Waals surface area contributed by atoms with Crippen LogP contribution in [0.25, 0.3) is 16.9 Å². The molecule has 0 amide bonds. The molecule has 0 unspecified atom stereocenters. The van der Waals surface area contributed by atoms with Crippen molar-refractivity contribution in [3.63, 3.8) is 0 Å². The number of hydrogen-bond donors (Lipinski definition) is 0. The monoisotopic (exact) mass is 330 g/mol. The number of pyridine rings is 1. The quantitative estimate of drug-likeness (QED) is 0.692. The van der Waals surface area contributed by atoms with Gasteiger partial charge in [0.15, 0.2) is 0 Å². The number of rotatable bonds is 3. The average molecular weight is 331 g/mol. The van der Waals surface area contributed by atoms with E-state index < -0.39 is 0 Å². The number of methoxy groups -OCH3 is 1. The van der Waals surface area contributed by atoms with E-state index in [1.54, 1.807) is 18.0 Å². The summed E-state index contributed by atoms with van der Waals surface area (Å²) in [7, 11) is 1.64. The van der Waals surface area contributed by atoms with Crippen LogP contribution in [0, 0.1) is 0 Å². The number of hydrogen-bond acceptors (Lipinski definition) is 4. The van der Waals surface area contributed by atoms with Crippen molar-refractivity contribution >= 4 is 15.9 Å². The Morgan fingerprint density at radius 2 is 1.90 bits per heavy atom. The average Bonchev–Trinajstić information content (AvgIpc) is 2.98. The molecule has 0 saturated heterocycles. The van der Waals surface area contributed by atoms with E-state index in [-0.39, 0.29) is 0 Å². The number of benzene rings is 1. The summed E-state index contributed by atoms with van der Waals surface area (Å²) in [5.41, 5.74) is 2.63. The molecule has 0 radical (unpaired) electrons. The molecule has 3 rings (SSSR count). The number of aromatic nitrogens is 4. The van der Waals surface area contributed by atoms with Gasteiger partial charge in [-0.3, -0.25) is 0 Å². The molecule has 0 aliphatic heterocycles. The Morgan fingerprint density at radius 1 is 1.10 bits per heavy atom. The van der Waals surface area contributed by atoms with Crippen molar-refractivity contribution in [3.05, 3.63) is 53.4 Å². The molecule has 0 N–H and O–H groups in total.